The molecule has 0 aliphatic rings. The summed E-state index contributed by atoms with van der Waals surface area (Å²) in [6.45, 7) is 4.11. The Kier molecular flexibility index (Phi) is 5.97. The SMILES string of the molecule is CCC(N)CSCc1cc(C(=O)NN)sc1C. The summed E-state index contributed by atoms with van der Waals surface area (Å²) in [5.41, 5.74) is 9.20. The zero-order valence-corrected chi connectivity index (χ0v) is 11.8. The van der Waals surface area contributed by atoms with Crippen LogP contribution in [0.5, 0.6) is 0 Å². The predicted molar refractivity (Wildman–Crippen MR) is 75.1 cm³/mol. The lowest BCUT2D eigenvalue weighted by atomic mass is 10.3. The van der Waals surface area contributed by atoms with Crippen molar-refractivity contribution in [3.63, 3.8) is 0 Å². The van der Waals surface area contributed by atoms with Crippen molar-refractivity contribution in [2.45, 2.75) is 32.1 Å². The summed E-state index contributed by atoms with van der Waals surface area (Å²) in [7, 11) is 0. The Morgan fingerprint density at radius 1 is 1.65 bits per heavy atom. The van der Waals surface area contributed by atoms with Crippen LogP contribution in [0.3, 0.4) is 0 Å². The first kappa shape index (κ1) is 14.5. The van der Waals surface area contributed by atoms with Crippen molar-refractivity contribution in [3.8, 4) is 0 Å². The number of carbonyl (C=O) groups excluding carboxylic acids is 1. The number of hydrogen-bond donors (Lipinski definition) is 3. The lowest BCUT2D eigenvalue weighted by Crippen LogP contribution is -2.29. The van der Waals surface area contributed by atoms with E-state index in [1.807, 2.05) is 13.0 Å². The second-order valence-corrected chi connectivity index (χ2v) is 6.14. The maximum atomic E-state index is 11.4. The molecule has 0 aromatic carbocycles. The van der Waals surface area contributed by atoms with Gasteiger partial charge < -0.3 is 5.73 Å². The second-order valence-electron chi connectivity index (χ2n) is 3.85. The van der Waals surface area contributed by atoms with Gasteiger partial charge in [-0.05, 0) is 25.0 Å². The zero-order chi connectivity index (χ0) is 12.8. The van der Waals surface area contributed by atoms with Crippen LogP contribution in [0.15, 0.2) is 6.07 Å². The average Bonchev–Trinajstić information content (AvgIpc) is 2.69. The number of nitrogens with two attached hydrogens (primary N) is 2. The number of hydrogen-bond acceptors (Lipinski definition) is 5. The molecular formula is C11H19N3OS2. The highest BCUT2D eigenvalue weighted by molar-refractivity contribution is 7.98. The third-order valence-electron chi connectivity index (χ3n) is 2.49. The van der Waals surface area contributed by atoms with Crippen LogP contribution >= 0.6 is 23.1 Å². The second kappa shape index (κ2) is 7.00. The molecule has 0 saturated heterocycles. The van der Waals surface area contributed by atoms with E-state index >= 15 is 0 Å². The largest absolute Gasteiger partial charge is 0.327 e. The van der Waals surface area contributed by atoms with E-state index in [9.17, 15) is 4.79 Å². The van der Waals surface area contributed by atoms with Crippen LogP contribution in [0.25, 0.3) is 0 Å². The van der Waals surface area contributed by atoms with Crippen LogP contribution in [0, 0.1) is 6.92 Å². The van der Waals surface area contributed by atoms with Gasteiger partial charge in [-0.2, -0.15) is 11.8 Å². The minimum atomic E-state index is -0.223. The van der Waals surface area contributed by atoms with Gasteiger partial charge in [-0.1, -0.05) is 6.92 Å². The molecule has 4 nitrogen and oxygen atoms in total. The Labute approximate surface area is 110 Å². The van der Waals surface area contributed by atoms with Gasteiger partial charge in [0.25, 0.3) is 5.91 Å². The van der Waals surface area contributed by atoms with E-state index in [1.54, 1.807) is 11.8 Å². The minimum Gasteiger partial charge on any atom is -0.327 e. The number of rotatable bonds is 6. The highest BCUT2D eigenvalue weighted by Gasteiger charge is 2.11. The molecular weight excluding hydrogens is 254 g/mol. The molecule has 0 spiro atoms. The standard InChI is InChI=1S/C11H19N3OS2/c1-3-9(12)6-16-5-8-4-10(11(15)14-13)17-7(8)2/h4,9H,3,5-6,12-13H2,1-2H3,(H,14,15). The number of carbonyl (C=O) groups is 1. The molecule has 0 saturated carbocycles. The third kappa shape index (κ3) is 4.31. The quantitative estimate of drug-likeness (QED) is 0.418. The summed E-state index contributed by atoms with van der Waals surface area (Å²) in [5.74, 6) is 6.73. The number of thioether (sulfide) groups is 1. The molecule has 0 aliphatic carbocycles. The molecule has 1 unspecified atom stereocenters. The van der Waals surface area contributed by atoms with Crippen LogP contribution in [0.2, 0.25) is 0 Å². The van der Waals surface area contributed by atoms with Gasteiger partial charge in [-0.3, -0.25) is 10.2 Å². The Morgan fingerprint density at radius 2 is 2.35 bits per heavy atom. The van der Waals surface area contributed by atoms with Crippen LogP contribution in [-0.2, 0) is 5.75 Å². The van der Waals surface area contributed by atoms with Crippen molar-refractivity contribution < 1.29 is 4.79 Å². The Morgan fingerprint density at radius 3 is 2.94 bits per heavy atom. The molecule has 5 N–H and O–H groups in total. The number of nitrogen functional groups attached to an aromatic ring is 1. The fraction of sp³-hybridized carbons (Fsp3) is 0.545. The van der Waals surface area contributed by atoms with E-state index in [0.717, 1.165) is 17.9 Å². The molecule has 1 amide bonds. The highest BCUT2D eigenvalue weighted by atomic mass is 32.2. The molecule has 0 radical (unpaired) electrons. The highest BCUT2D eigenvalue weighted by Crippen LogP contribution is 2.25. The molecule has 1 heterocycles. The van der Waals surface area contributed by atoms with E-state index in [0.29, 0.717) is 4.88 Å². The topological polar surface area (TPSA) is 81.1 Å². The molecule has 0 aliphatic heterocycles. The van der Waals surface area contributed by atoms with Gasteiger partial charge in [-0.25, -0.2) is 5.84 Å². The first-order valence-electron chi connectivity index (χ1n) is 5.52. The van der Waals surface area contributed by atoms with Gasteiger partial charge >= 0.3 is 0 Å². The number of amides is 1. The fourth-order valence-corrected chi connectivity index (χ4v) is 3.50. The first-order chi connectivity index (χ1) is 8.08. The van der Waals surface area contributed by atoms with E-state index in [2.05, 4.69) is 12.3 Å². The minimum absolute atomic E-state index is 0.223. The van der Waals surface area contributed by atoms with Crippen molar-refractivity contribution >= 4 is 29.0 Å². The molecule has 1 aromatic rings. The van der Waals surface area contributed by atoms with Gasteiger partial charge in [-0.15, -0.1) is 11.3 Å². The molecule has 6 heteroatoms. The molecule has 1 rings (SSSR count). The van der Waals surface area contributed by atoms with Crippen LogP contribution in [-0.4, -0.2) is 17.7 Å². The van der Waals surface area contributed by atoms with Crippen molar-refractivity contribution in [2.24, 2.45) is 11.6 Å². The summed E-state index contributed by atoms with van der Waals surface area (Å²) < 4.78 is 0. The number of nitrogens with one attached hydrogen (secondary N) is 1. The normalized spacial score (nSPS) is 12.5. The van der Waals surface area contributed by atoms with Crippen molar-refractivity contribution in [1.29, 1.82) is 0 Å². The molecule has 0 fully saturated rings. The summed E-state index contributed by atoms with van der Waals surface area (Å²) in [5, 5.41) is 0. The maximum Gasteiger partial charge on any atom is 0.275 e. The van der Waals surface area contributed by atoms with Crippen molar-refractivity contribution in [1.82, 2.24) is 5.43 Å². The first-order valence-corrected chi connectivity index (χ1v) is 7.49. The lowest BCUT2D eigenvalue weighted by Gasteiger charge is -2.07. The van der Waals surface area contributed by atoms with Crippen LogP contribution in [0.1, 0.15) is 33.5 Å². The number of hydrazine groups is 1. The predicted octanol–water partition coefficient (Wildman–Crippen LogP) is 1.63. The number of thiophene rings is 1. The van der Waals surface area contributed by atoms with Crippen LogP contribution < -0.4 is 17.0 Å². The zero-order valence-electron chi connectivity index (χ0n) is 10.2. The number of aryl methyl sites for hydroxylation is 1. The van der Waals surface area contributed by atoms with E-state index in [1.165, 1.54) is 21.8 Å². The fourth-order valence-electron chi connectivity index (χ4n) is 1.28. The molecule has 1 aromatic heterocycles. The Balaban J connectivity index is 2.54. The van der Waals surface area contributed by atoms with Gasteiger partial charge in [0.15, 0.2) is 0 Å². The Hall–Kier alpha value is -0.560. The van der Waals surface area contributed by atoms with Gasteiger partial charge in [0.05, 0.1) is 4.88 Å². The lowest BCUT2D eigenvalue weighted by molar-refractivity contribution is 0.0957. The van der Waals surface area contributed by atoms with Crippen LogP contribution in [0.4, 0.5) is 0 Å². The van der Waals surface area contributed by atoms with E-state index in [4.69, 9.17) is 11.6 Å². The van der Waals surface area contributed by atoms with Gasteiger partial charge in [0.2, 0.25) is 0 Å². The smallest absolute Gasteiger partial charge is 0.275 e. The van der Waals surface area contributed by atoms with Crippen molar-refractivity contribution in [2.75, 3.05) is 5.75 Å². The maximum absolute atomic E-state index is 11.4. The molecule has 0 bridgehead atoms. The summed E-state index contributed by atoms with van der Waals surface area (Å²) in [6.07, 6.45) is 0.996. The molecule has 1 atom stereocenters. The molecule has 17 heavy (non-hydrogen) atoms. The van der Waals surface area contributed by atoms with E-state index in [-0.39, 0.29) is 11.9 Å². The van der Waals surface area contributed by atoms with E-state index < -0.39 is 0 Å². The van der Waals surface area contributed by atoms with Crippen molar-refractivity contribution in [3.05, 3.63) is 21.4 Å². The average molecular weight is 273 g/mol. The Bertz CT molecular complexity index is 379. The summed E-state index contributed by atoms with van der Waals surface area (Å²) in [4.78, 5) is 13.2. The monoisotopic (exact) mass is 273 g/mol. The van der Waals surface area contributed by atoms with Gasteiger partial charge in [0, 0.05) is 22.4 Å². The third-order valence-corrected chi connectivity index (χ3v) is 4.76. The molecule has 96 valence electrons. The van der Waals surface area contributed by atoms with Gasteiger partial charge in [0.1, 0.15) is 0 Å². The summed E-state index contributed by atoms with van der Waals surface area (Å²) in [6, 6.07) is 2.16. The summed E-state index contributed by atoms with van der Waals surface area (Å²) >= 11 is 3.28.